The van der Waals surface area contributed by atoms with E-state index in [1.54, 1.807) is 11.8 Å². The van der Waals surface area contributed by atoms with Crippen molar-refractivity contribution < 1.29 is 4.79 Å². The quantitative estimate of drug-likeness (QED) is 0.500. The number of amides is 1. The molecule has 5 nitrogen and oxygen atoms in total. The Hall–Kier alpha value is -2.99. The van der Waals surface area contributed by atoms with E-state index < -0.39 is 0 Å². The summed E-state index contributed by atoms with van der Waals surface area (Å²) >= 11 is 1.59. The summed E-state index contributed by atoms with van der Waals surface area (Å²) in [5, 5.41) is 2.41. The van der Waals surface area contributed by atoms with Crippen molar-refractivity contribution in [3.8, 4) is 0 Å². The summed E-state index contributed by atoms with van der Waals surface area (Å²) in [7, 11) is 0. The Morgan fingerprint density at radius 3 is 2.53 bits per heavy atom. The molecule has 0 spiro atoms. The van der Waals surface area contributed by atoms with Crippen LogP contribution < -0.4 is 5.69 Å². The highest BCUT2D eigenvalue weighted by molar-refractivity contribution is 8.00. The summed E-state index contributed by atoms with van der Waals surface area (Å²) in [5.41, 5.74) is 1.75. The summed E-state index contributed by atoms with van der Waals surface area (Å²) in [6, 6.07) is 22.5. The summed E-state index contributed by atoms with van der Waals surface area (Å²) in [6.07, 6.45) is 1.60. The van der Waals surface area contributed by atoms with E-state index in [0.29, 0.717) is 18.8 Å². The molecule has 1 amide bonds. The molecule has 0 atom stereocenters. The van der Waals surface area contributed by atoms with E-state index in [-0.39, 0.29) is 17.6 Å². The monoisotopic (exact) mass is 417 g/mol. The molecule has 2 heterocycles. The summed E-state index contributed by atoms with van der Waals surface area (Å²) in [5.74, 6) is 0.605. The molecule has 0 radical (unpaired) electrons. The number of hydrogen-bond acceptors (Lipinski definition) is 3. The number of aromatic amines is 1. The van der Waals surface area contributed by atoms with Gasteiger partial charge in [0.15, 0.2) is 0 Å². The number of thioether (sulfide) groups is 1. The van der Waals surface area contributed by atoms with Crippen LogP contribution in [0.3, 0.4) is 0 Å². The smallest absolute Gasteiger partial charge is 0.326 e. The van der Waals surface area contributed by atoms with Gasteiger partial charge in [-0.3, -0.25) is 9.36 Å². The van der Waals surface area contributed by atoms with Gasteiger partial charge in [0, 0.05) is 24.0 Å². The van der Waals surface area contributed by atoms with Crippen molar-refractivity contribution in [1.29, 1.82) is 0 Å². The maximum Gasteiger partial charge on any atom is 0.326 e. The minimum absolute atomic E-state index is 0.0622. The molecule has 1 aromatic heterocycles. The van der Waals surface area contributed by atoms with Crippen molar-refractivity contribution in [2.24, 2.45) is 0 Å². The molecule has 1 aliphatic heterocycles. The first kappa shape index (κ1) is 19.0. The summed E-state index contributed by atoms with van der Waals surface area (Å²) < 4.78 is 1.86. The number of rotatable bonds is 4. The number of para-hydroxylation sites is 2. The highest BCUT2D eigenvalue weighted by atomic mass is 32.2. The molecule has 0 bridgehead atoms. The SMILES string of the molecule is O=C(CSc1ccc2ccccc2c1)N1CCC(n2c(=O)[nH]c3ccccc32)CC1. The predicted octanol–water partition coefficient (Wildman–Crippen LogP) is 4.44. The largest absolute Gasteiger partial charge is 0.342 e. The Morgan fingerprint density at radius 1 is 0.967 bits per heavy atom. The Bertz CT molecular complexity index is 1270. The zero-order valence-electron chi connectivity index (χ0n) is 16.6. The second-order valence-electron chi connectivity index (χ2n) is 7.73. The maximum absolute atomic E-state index is 12.7. The fourth-order valence-electron chi connectivity index (χ4n) is 4.30. The van der Waals surface area contributed by atoms with Crippen molar-refractivity contribution in [2.75, 3.05) is 18.8 Å². The molecule has 1 aliphatic rings. The second-order valence-corrected chi connectivity index (χ2v) is 8.78. The van der Waals surface area contributed by atoms with Crippen molar-refractivity contribution >= 4 is 39.5 Å². The van der Waals surface area contributed by atoms with Gasteiger partial charge in [0.1, 0.15) is 0 Å². The van der Waals surface area contributed by atoms with Crippen molar-refractivity contribution in [3.05, 3.63) is 77.2 Å². The summed E-state index contributed by atoms with van der Waals surface area (Å²) in [6.45, 7) is 1.38. The average Bonchev–Trinajstić information content (AvgIpc) is 3.13. The standard InChI is InChI=1S/C24H23N3O2S/c28-23(16-30-20-10-9-17-5-1-2-6-18(17)15-20)26-13-11-19(12-14-26)27-22-8-4-3-7-21(22)25-24(27)29/h1-10,15,19H,11-14,16H2,(H,25,29). The molecular weight excluding hydrogens is 394 g/mol. The Balaban J connectivity index is 1.21. The molecule has 6 heteroatoms. The van der Waals surface area contributed by atoms with Crippen LogP contribution in [0.1, 0.15) is 18.9 Å². The average molecular weight is 418 g/mol. The number of imidazole rings is 1. The van der Waals surface area contributed by atoms with Crippen molar-refractivity contribution in [1.82, 2.24) is 14.5 Å². The lowest BCUT2D eigenvalue weighted by molar-refractivity contribution is -0.129. The van der Waals surface area contributed by atoms with Gasteiger partial charge < -0.3 is 9.88 Å². The van der Waals surface area contributed by atoms with Crippen LogP contribution in [0.2, 0.25) is 0 Å². The van der Waals surface area contributed by atoms with E-state index in [1.165, 1.54) is 10.8 Å². The first-order chi connectivity index (χ1) is 14.7. The minimum Gasteiger partial charge on any atom is -0.342 e. The van der Waals surface area contributed by atoms with E-state index in [0.717, 1.165) is 28.8 Å². The first-order valence-corrected chi connectivity index (χ1v) is 11.3. The molecule has 1 N–H and O–H groups in total. The van der Waals surface area contributed by atoms with E-state index in [4.69, 9.17) is 0 Å². The van der Waals surface area contributed by atoms with Gasteiger partial charge in [-0.15, -0.1) is 11.8 Å². The third-order valence-corrected chi connectivity index (χ3v) is 6.87. The van der Waals surface area contributed by atoms with Crippen LogP contribution in [0.15, 0.2) is 76.4 Å². The number of piperidine rings is 1. The third-order valence-electron chi connectivity index (χ3n) is 5.89. The van der Waals surface area contributed by atoms with Gasteiger partial charge in [0.2, 0.25) is 5.91 Å². The Labute approximate surface area is 178 Å². The molecule has 0 aliphatic carbocycles. The number of H-pyrrole nitrogens is 1. The highest BCUT2D eigenvalue weighted by Gasteiger charge is 2.26. The second kappa shape index (κ2) is 8.03. The molecule has 30 heavy (non-hydrogen) atoms. The molecule has 0 unspecified atom stereocenters. The molecule has 0 saturated carbocycles. The lowest BCUT2D eigenvalue weighted by atomic mass is 10.0. The van der Waals surface area contributed by atoms with Gasteiger partial charge in [-0.2, -0.15) is 0 Å². The van der Waals surface area contributed by atoms with Gasteiger partial charge in [0.05, 0.1) is 16.8 Å². The molecule has 3 aromatic carbocycles. The number of carbonyl (C=O) groups is 1. The third kappa shape index (κ3) is 3.63. The van der Waals surface area contributed by atoms with Gasteiger partial charge in [-0.05, 0) is 47.9 Å². The van der Waals surface area contributed by atoms with Crippen LogP contribution in [0.4, 0.5) is 0 Å². The number of nitrogens with zero attached hydrogens (tertiary/aromatic N) is 2. The van der Waals surface area contributed by atoms with E-state index in [9.17, 15) is 9.59 Å². The number of likely N-dealkylation sites (tertiary alicyclic amines) is 1. The fourth-order valence-corrected chi connectivity index (χ4v) is 5.15. The van der Waals surface area contributed by atoms with Crippen molar-refractivity contribution in [3.63, 3.8) is 0 Å². The van der Waals surface area contributed by atoms with Crippen LogP contribution >= 0.6 is 11.8 Å². The van der Waals surface area contributed by atoms with Crippen LogP contribution in [-0.2, 0) is 4.79 Å². The van der Waals surface area contributed by atoms with E-state index in [1.807, 2.05) is 45.9 Å². The van der Waals surface area contributed by atoms with Crippen LogP contribution in [0.25, 0.3) is 21.8 Å². The Morgan fingerprint density at radius 2 is 1.70 bits per heavy atom. The lowest BCUT2D eigenvalue weighted by Gasteiger charge is -2.32. The number of nitrogens with one attached hydrogen (secondary N) is 1. The zero-order valence-corrected chi connectivity index (χ0v) is 17.4. The Kier molecular flexibility index (Phi) is 5.09. The van der Waals surface area contributed by atoms with Gasteiger partial charge in [0.25, 0.3) is 0 Å². The van der Waals surface area contributed by atoms with Crippen LogP contribution in [0.5, 0.6) is 0 Å². The molecule has 152 valence electrons. The first-order valence-electron chi connectivity index (χ1n) is 10.3. The lowest BCUT2D eigenvalue weighted by Crippen LogP contribution is -2.41. The molecule has 1 saturated heterocycles. The topological polar surface area (TPSA) is 58.1 Å². The number of carbonyl (C=O) groups excluding carboxylic acids is 1. The summed E-state index contributed by atoms with van der Waals surface area (Å²) in [4.78, 5) is 31.1. The zero-order chi connectivity index (χ0) is 20.5. The minimum atomic E-state index is -0.0622. The van der Waals surface area contributed by atoms with Crippen molar-refractivity contribution in [2.45, 2.75) is 23.8 Å². The predicted molar refractivity (Wildman–Crippen MR) is 122 cm³/mol. The van der Waals surface area contributed by atoms with Gasteiger partial charge >= 0.3 is 5.69 Å². The van der Waals surface area contributed by atoms with Gasteiger partial charge in [-0.1, -0.05) is 42.5 Å². The van der Waals surface area contributed by atoms with Crippen LogP contribution in [0, 0.1) is 0 Å². The fraction of sp³-hybridized carbons (Fsp3) is 0.250. The maximum atomic E-state index is 12.7. The number of fused-ring (bicyclic) bond motifs is 2. The number of hydrogen-bond donors (Lipinski definition) is 1. The molecule has 1 fully saturated rings. The van der Waals surface area contributed by atoms with E-state index in [2.05, 4.69) is 35.3 Å². The van der Waals surface area contributed by atoms with E-state index >= 15 is 0 Å². The van der Waals surface area contributed by atoms with Gasteiger partial charge in [-0.25, -0.2) is 4.79 Å². The molecule has 4 aromatic rings. The highest BCUT2D eigenvalue weighted by Crippen LogP contribution is 2.27. The number of benzene rings is 3. The molecule has 5 rings (SSSR count). The normalized spacial score (nSPS) is 15.1. The number of aromatic nitrogens is 2. The van der Waals surface area contributed by atoms with Crippen LogP contribution in [-0.4, -0.2) is 39.2 Å². The molecular formula is C24H23N3O2S.